The van der Waals surface area contributed by atoms with Gasteiger partial charge < -0.3 is 4.74 Å². The summed E-state index contributed by atoms with van der Waals surface area (Å²) in [5, 5.41) is 8.89. The molecule has 2 unspecified atom stereocenters. The average molecular weight is 333 g/mol. The number of hydrogen-bond acceptors (Lipinski definition) is 2. The molecule has 1 heterocycles. The summed E-state index contributed by atoms with van der Waals surface area (Å²) in [4.78, 5) is 0. The molecule has 1 aliphatic rings. The van der Waals surface area contributed by atoms with Crippen LogP contribution in [0.2, 0.25) is 0 Å². The molecule has 0 aromatic heterocycles. The first kappa shape index (κ1) is 17.7. The minimum atomic E-state index is 0.248. The van der Waals surface area contributed by atoms with E-state index in [0.29, 0.717) is 5.56 Å². The first-order valence-corrected chi connectivity index (χ1v) is 9.52. The maximum atomic E-state index is 8.89. The molecule has 2 atom stereocenters. The van der Waals surface area contributed by atoms with E-state index in [1.165, 1.54) is 43.2 Å². The van der Waals surface area contributed by atoms with Gasteiger partial charge in [0.05, 0.1) is 24.3 Å². The van der Waals surface area contributed by atoms with Gasteiger partial charge in [-0.15, -0.1) is 0 Å². The van der Waals surface area contributed by atoms with Crippen LogP contribution in [0.5, 0.6) is 0 Å². The van der Waals surface area contributed by atoms with Crippen molar-refractivity contribution in [1.82, 2.24) is 0 Å². The van der Waals surface area contributed by atoms with Gasteiger partial charge in [0.1, 0.15) is 0 Å². The highest BCUT2D eigenvalue weighted by Gasteiger charge is 2.22. The van der Waals surface area contributed by atoms with Crippen molar-refractivity contribution in [3.8, 4) is 17.2 Å². The smallest absolute Gasteiger partial charge is 0.0991 e. The Balaban J connectivity index is 1.57. The predicted molar refractivity (Wildman–Crippen MR) is 102 cm³/mol. The van der Waals surface area contributed by atoms with Crippen molar-refractivity contribution in [1.29, 1.82) is 5.26 Å². The fourth-order valence-corrected chi connectivity index (χ4v) is 3.61. The second-order valence-electron chi connectivity index (χ2n) is 7.07. The number of unbranched alkanes of at least 4 members (excludes halogenated alkanes) is 2. The lowest BCUT2D eigenvalue weighted by molar-refractivity contribution is -0.0198. The Labute approximate surface area is 151 Å². The van der Waals surface area contributed by atoms with Crippen LogP contribution in [0.3, 0.4) is 0 Å². The van der Waals surface area contributed by atoms with E-state index in [4.69, 9.17) is 10.00 Å². The zero-order valence-electron chi connectivity index (χ0n) is 15.1. The summed E-state index contributed by atoms with van der Waals surface area (Å²) in [5.74, 6) is 0.751. The highest BCUT2D eigenvalue weighted by Crippen LogP contribution is 2.33. The van der Waals surface area contributed by atoms with Crippen LogP contribution in [0.1, 0.15) is 62.7 Å². The van der Waals surface area contributed by atoms with E-state index in [0.717, 1.165) is 24.5 Å². The lowest BCUT2D eigenvalue weighted by Gasteiger charge is -2.29. The van der Waals surface area contributed by atoms with Crippen molar-refractivity contribution >= 4 is 0 Å². The van der Waals surface area contributed by atoms with Crippen LogP contribution < -0.4 is 0 Å². The average Bonchev–Trinajstić information content (AvgIpc) is 2.69. The Bertz CT molecular complexity index is 688. The van der Waals surface area contributed by atoms with Gasteiger partial charge in [-0.3, -0.25) is 0 Å². The molecule has 25 heavy (non-hydrogen) atoms. The Morgan fingerprint density at radius 2 is 1.64 bits per heavy atom. The fraction of sp³-hybridized carbons (Fsp3) is 0.435. The van der Waals surface area contributed by atoms with E-state index in [9.17, 15) is 0 Å². The van der Waals surface area contributed by atoms with Gasteiger partial charge in [0.2, 0.25) is 0 Å². The Hall–Kier alpha value is -2.11. The van der Waals surface area contributed by atoms with E-state index >= 15 is 0 Å². The maximum Gasteiger partial charge on any atom is 0.0991 e. The maximum absolute atomic E-state index is 8.89. The predicted octanol–water partition coefficient (Wildman–Crippen LogP) is 6.27. The monoisotopic (exact) mass is 333 g/mol. The van der Waals surface area contributed by atoms with Crippen LogP contribution >= 0.6 is 0 Å². The quantitative estimate of drug-likeness (QED) is 0.583. The Kier molecular flexibility index (Phi) is 6.25. The number of nitrogens with zero attached hydrogens (tertiary/aromatic N) is 1. The second kappa shape index (κ2) is 8.83. The molecule has 0 radical (unpaired) electrons. The third kappa shape index (κ3) is 4.71. The minimum absolute atomic E-state index is 0.248. The molecule has 2 aromatic rings. The normalized spacial score (nSPS) is 20.2. The lowest BCUT2D eigenvalue weighted by Crippen LogP contribution is -2.20. The van der Waals surface area contributed by atoms with Crippen molar-refractivity contribution in [3.63, 3.8) is 0 Å². The first-order valence-electron chi connectivity index (χ1n) is 9.52. The third-order valence-electron chi connectivity index (χ3n) is 5.22. The number of benzene rings is 2. The number of nitriles is 1. The van der Waals surface area contributed by atoms with Crippen LogP contribution in [0.25, 0.3) is 11.1 Å². The molecule has 0 bridgehead atoms. The van der Waals surface area contributed by atoms with Crippen molar-refractivity contribution in [2.45, 2.75) is 51.6 Å². The summed E-state index contributed by atoms with van der Waals surface area (Å²) in [6.45, 7) is 3.17. The molecule has 2 heteroatoms. The highest BCUT2D eigenvalue weighted by atomic mass is 16.5. The SMILES string of the molecule is CCCCCC1CCC(c2ccc(-c3ccc(C#N)cc3)cc2)OC1. The molecule has 0 aliphatic carbocycles. The van der Waals surface area contributed by atoms with E-state index in [2.05, 4.69) is 37.3 Å². The molecule has 0 spiro atoms. The van der Waals surface area contributed by atoms with Gasteiger partial charge in [0.25, 0.3) is 0 Å². The first-order chi connectivity index (χ1) is 12.3. The molecule has 2 nitrogen and oxygen atoms in total. The van der Waals surface area contributed by atoms with Crippen molar-refractivity contribution in [2.24, 2.45) is 5.92 Å². The van der Waals surface area contributed by atoms with Gasteiger partial charge in [-0.05, 0) is 54.0 Å². The number of hydrogen-bond donors (Lipinski definition) is 0. The summed E-state index contributed by atoms with van der Waals surface area (Å²) in [5.41, 5.74) is 4.31. The van der Waals surface area contributed by atoms with Gasteiger partial charge in [-0.25, -0.2) is 0 Å². The van der Waals surface area contributed by atoms with Crippen molar-refractivity contribution in [2.75, 3.05) is 6.61 Å². The van der Waals surface area contributed by atoms with E-state index in [1.807, 2.05) is 24.3 Å². The summed E-state index contributed by atoms with van der Waals surface area (Å²) in [6, 6.07) is 18.6. The van der Waals surface area contributed by atoms with Gasteiger partial charge in [0, 0.05) is 0 Å². The molecular weight excluding hydrogens is 306 g/mol. The lowest BCUT2D eigenvalue weighted by atomic mass is 9.90. The topological polar surface area (TPSA) is 33.0 Å². The van der Waals surface area contributed by atoms with Gasteiger partial charge in [0.15, 0.2) is 0 Å². The fourth-order valence-electron chi connectivity index (χ4n) is 3.61. The molecule has 3 rings (SSSR count). The molecule has 0 N–H and O–H groups in total. The van der Waals surface area contributed by atoms with Gasteiger partial charge >= 0.3 is 0 Å². The molecule has 1 saturated heterocycles. The van der Waals surface area contributed by atoms with E-state index in [-0.39, 0.29) is 6.10 Å². The van der Waals surface area contributed by atoms with E-state index < -0.39 is 0 Å². The van der Waals surface area contributed by atoms with Crippen LogP contribution in [0.15, 0.2) is 48.5 Å². The zero-order chi connectivity index (χ0) is 17.5. The molecule has 0 amide bonds. The van der Waals surface area contributed by atoms with Gasteiger partial charge in [-0.2, -0.15) is 5.26 Å². The molecular formula is C23H27NO. The van der Waals surface area contributed by atoms with E-state index in [1.54, 1.807) is 0 Å². The Morgan fingerprint density at radius 1 is 0.960 bits per heavy atom. The van der Waals surface area contributed by atoms with Crippen molar-refractivity contribution in [3.05, 3.63) is 59.7 Å². The summed E-state index contributed by atoms with van der Waals surface area (Å²) in [6.07, 6.45) is 7.96. The third-order valence-corrected chi connectivity index (χ3v) is 5.22. The summed E-state index contributed by atoms with van der Waals surface area (Å²) in [7, 11) is 0. The zero-order valence-corrected chi connectivity index (χ0v) is 15.1. The molecule has 0 saturated carbocycles. The van der Waals surface area contributed by atoms with Crippen LogP contribution in [0.4, 0.5) is 0 Å². The molecule has 1 fully saturated rings. The minimum Gasteiger partial charge on any atom is -0.373 e. The largest absolute Gasteiger partial charge is 0.373 e. The van der Waals surface area contributed by atoms with Crippen LogP contribution in [0, 0.1) is 17.2 Å². The molecule has 130 valence electrons. The second-order valence-corrected chi connectivity index (χ2v) is 7.07. The van der Waals surface area contributed by atoms with Crippen molar-refractivity contribution < 1.29 is 4.74 Å². The van der Waals surface area contributed by atoms with Crippen LogP contribution in [-0.2, 0) is 4.74 Å². The highest BCUT2D eigenvalue weighted by molar-refractivity contribution is 5.64. The standard InChI is InChI=1S/C23H27NO/c1-2-3-4-5-19-8-15-23(25-17-19)22-13-11-21(12-14-22)20-9-6-18(16-24)7-10-20/h6-7,9-14,19,23H,2-5,8,15,17H2,1H3. The van der Waals surface area contributed by atoms with Gasteiger partial charge in [-0.1, -0.05) is 62.6 Å². The molecule has 1 aliphatic heterocycles. The summed E-state index contributed by atoms with van der Waals surface area (Å²) >= 11 is 0. The van der Waals surface area contributed by atoms with Crippen LogP contribution in [-0.4, -0.2) is 6.61 Å². The summed E-state index contributed by atoms with van der Waals surface area (Å²) < 4.78 is 6.15. The number of ether oxygens (including phenoxy) is 1. The Morgan fingerprint density at radius 3 is 2.20 bits per heavy atom. The number of rotatable bonds is 6. The molecule has 2 aromatic carbocycles.